The molecular formula is C11H13F3IN3. The Morgan fingerprint density at radius 2 is 1.89 bits per heavy atom. The Morgan fingerprint density at radius 3 is 2.33 bits per heavy atom. The molecule has 18 heavy (non-hydrogen) atoms. The van der Waals surface area contributed by atoms with Gasteiger partial charge in [0.05, 0.1) is 5.92 Å². The van der Waals surface area contributed by atoms with Crippen molar-refractivity contribution >= 4 is 28.5 Å². The maximum absolute atomic E-state index is 12.9. The summed E-state index contributed by atoms with van der Waals surface area (Å²) in [6.45, 7) is 3.52. The van der Waals surface area contributed by atoms with Crippen LogP contribution < -0.4 is 4.90 Å². The molecule has 1 aliphatic heterocycles. The van der Waals surface area contributed by atoms with Crippen LogP contribution in [0.25, 0.3) is 0 Å². The molecule has 1 atom stereocenters. The summed E-state index contributed by atoms with van der Waals surface area (Å²) in [6.07, 6.45) is -0.868. The van der Waals surface area contributed by atoms with Crippen LogP contribution in [0.4, 0.5) is 19.1 Å². The number of anilines is 1. The number of halogens is 4. The van der Waals surface area contributed by atoms with Gasteiger partial charge in [-0.05, 0) is 42.9 Å². The van der Waals surface area contributed by atoms with Crippen molar-refractivity contribution in [3.05, 3.63) is 16.0 Å². The predicted molar refractivity (Wildman–Crippen MR) is 70.3 cm³/mol. The minimum atomic E-state index is -4.18. The van der Waals surface area contributed by atoms with Crippen molar-refractivity contribution in [3.8, 4) is 0 Å². The summed E-state index contributed by atoms with van der Waals surface area (Å²) in [7, 11) is 0. The van der Waals surface area contributed by atoms with Crippen molar-refractivity contribution in [3.63, 3.8) is 0 Å². The second-order valence-corrected chi connectivity index (χ2v) is 6.14. The zero-order chi connectivity index (χ0) is 13.6. The van der Waals surface area contributed by atoms with Crippen LogP contribution in [-0.2, 0) is 0 Å². The summed E-state index contributed by atoms with van der Waals surface area (Å²) in [5.41, 5.74) is -1.01. The molecule has 7 heteroatoms. The third kappa shape index (κ3) is 2.41. The molecule has 0 bridgehead atoms. The van der Waals surface area contributed by atoms with Gasteiger partial charge in [-0.3, -0.25) is 0 Å². The van der Waals surface area contributed by atoms with Crippen LogP contribution in [0.3, 0.4) is 0 Å². The largest absolute Gasteiger partial charge is 0.394 e. The van der Waals surface area contributed by atoms with Gasteiger partial charge in [0.1, 0.15) is 0 Å². The standard InChI is InChI=1S/C11H13F3IN3/c1-10(2)8(11(12,13)14)3-4-18(10)9-16-5-7(15)6-17-9/h5-6,8H,3-4H2,1-2H3. The van der Waals surface area contributed by atoms with Crippen LogP contribution >= 0.6 is 22.6 Å². The summed E-state index contributed by atoms with van der Waals surface area (Å²) in [4.78, 5) is 9.86. The van der Waals surface area contributed by atoms with E-state index in [-0.39, 0.29) is 6.42 Å². The second kappa shape index (κ2) is 4.50. The van der Waals surface area contributed by atoms with Gasteiger partial charge in [0.2, 0.25) is 5.95 Å². The second-order valence-electron chi connectivity index (χ2n) is 4.89. The fourth-order valence-corrected chi connectivity index (χ4v) is 2.73. The van der Waals surface area contributed by atoms with Crippen molar-refractivity contribution in [1.29, 1.82) is 0 Å². The van der Waals surface area contributed by atoms with E-state index < -0.39 is 17.6 Å². The van der Waals surface area contributed by atoms with E-state index in [1.54, 1.807) is 31.1 Å². The van der Waals surface area contributed by atoms with Crippen molar-refractivity contribution in [1.82, 2.24) is 9.97 Å². The van der Waals surface area contributed by atoms with E-state index >= 15 is 0 Å². The molecule has 1 saturated heterocycles. The lowest BCUT2D eigenvalue weighted by Gasteiger charge is -2.36. The summed E-state index contributed by atoms with van der Waals surface area (Å²) >= 11 is 2.06. The number of rotatable bonds is 1. The molecule has 1 fully saturated rings. The van der Waals surface area contributed by atoms with E-state index in [4.69, 9.17) is 0 Å². The van der Waals surface area contributed by atoms with Gasteiger partial charge in [0.25, 0.3) is 0 Å². The number of alkyl halides is 3. The van der Waals surface area contributed by atoms with E-state index in [0.717, 1.165) is 3.57 Å². The van der Waals surface area contributed by atoms with E-state index in [1.165, 1.54) is 0 Å². The maximum atomic E-state index is 12.9. The minimum Gasteiger partial charge on any atom is -0.335 e. The van der Waals surface area contributed by atoms with Crippen molar-refractivity contribution in [2.24, 2.45) is 5.92 Å². The van der Waals surface area contributed by atoms with Gasteiger partial charge in [0.15, 0.2) is 0 Å². The molecule has 0 aromatic carbocycles. The zero-order valence-electron chi connectivity index (χ0n) is 10.00. The molecule has 0 N–H and O–H groups in total. The van der Waals surface area contributed by atoms with Crippen LogP contribution in [0.2, 0.25) is 0 Å². The third-order valence-corrected chi connectivity index (χ3v) is 3.99. The van der Waals surface area contributed by atoms with Gasteiger partial charge >= 0.3 is 6.18 Å². The summed E-state index contributed by atoms with van der Waals surface area (Å²) < 4.78 is 39.7. The zero-order valence-corrected chi connectivity index (χ0v) is 12.2. The smallest absolute Gasteiger partial charge is 0.335 e. The highest BCUT2D eigenvalue weighted by atomic mass is 127. The number of aromatic nitrogens is 2. The minimum absolute atomic E-state index is 0.0891. The highest BCUT2D eigenvalue weighted by molar-refractivity contribution is 14.1. The molecule has 2 rings (SSSR count). The Kier molecular flexibility index (Phi) is 3.46. The molecule has 0 aliphatic carbocycles. The Labute approximate surface area is 117 Å². The van der Waals surface area contributed by atoms with Crippen LogP contribution in [0.5, 0.6) is 0 Å². The molecule has 0 spiro atoms. The molecule has 100 valence electrons. The first-order chi connectivity index (χ1) is 8.23. The Balaban J connectivity index is 2.29. The molecule has 3 nitrogen and oxygen atoms in total. The molecule has 0 radical (unpaired) electrons. The Morgan fingerprint density at radius 1 is 1.33 bits per heavy atom. The van der Waals surface area contributed by atoms with E-state index in [9.17, 15) is 13.2 Å². The lowest BCUT2D eigenvalue weighted by Crippen LogP contribution is -2.48. The molecule has 1 aromatic rings. The summed E-state index contributed by atoms with van der Waals surface area (Å²) in [5, 5.41) is 0. The van der Waals surface area contributed by atoms with Gasteiger partial charge in [-0.25, -0.2) is 9.97 Å². The fourth-order valence-electron chi connectivity index (χ4n) is 2.45. The third-order valence-electron chi connectivity index (χ3n) is 3.43. The quantitative estimate of drug-likeness (QED) is 0.710. The number of nitrogens with zero attached hydrogens (tertiary/aromatic N) is 3. The molecule has 1 aliphatic rings. The molecule has 0 saturated carbocycles. The number of hydrogen-bond acceptors (Lipinski definition) is 3. The van der Waals surface area contributed by atoms with Crippen LogP contribution in [-0.4, -0.2) is 28.2 Å². The average Bonchev–Trinajstić information content (AvgIpc) is 2.54. The predicted octanol–water partition coefficient (Wildman–Crippen LogP) is 3.25. The topological polar surface area (TPSA) is 29.0 Å². The van der Waals surface area contributed by atoms with Gasteiger partial charge in [-0.2, -0.15) is 13.2 Å². The lowest BCUT2D eigenvalue weighted by molar-refractivity contribution is -0.183. The molecular weight excluding hydrogens is 358 g/mol. The van der Waals surface area contributed by atoms with Crippen LogP contribution in [0.1, 0.15) is 20.3 Å². The first-order valence-corrected chi connectivity index (χ1v) is 6.62. The van der Waals surface area contributed by atoms with Crippen LogP contribution in [0.15, 0.2) is 12.4 Å². The summed E-state index contributed by atoms with van der Waals surface area (Å²) in [6, 6.07) is 0. The van der Waals surface area contributed by atoms with Crippen molar-refractivity contribution in [2.45, 2.75) is 32.0 Å². The van der Waals surface area contributed by atoms with Crippen molar-refractivity contribution in [2.75, 3.05) is 11.4 Å². The fraction of sp³-hybridized carbons (Fsp3) is 0.636. The van der Waals surface area contributed by atoms with Crippen LogP contribution in [0, 0.1) is 9.49 Å². The van der Waals surface area contributed by atoms with Gasteiger partial charge in [-0.1, -0.05) is 0 Å². The highest BCUT2D eigenvalue weighted by Gasteiger charge is 2.55. The normalized spacial score (nSPS) is 23.4. The summed E-state index contributed by atoms with van der Waals surface area (Å²) in [5.74, 6) is -0.972. The Hall–Kier alpha value is -0.600. The lowest BCUT2D eigenvalue weighted by atomic mass is 9.88. The van der Waals surface area contributed by atoms with E-state index in [0.29, 0.717) is 12.5 Å². The molecule has 1 unspecified atom stereocenters. The van der Waals surface area contributed by atoms with Gasteiger partial charge in [0, 0.05) is 28.0 Å². The Bertz CT molecular complexity index is 430. The highest BCUT2D eigenvalue weighted by Crippen LogP contribution is 2.45. The molecule has 2 heterocycles. The monoisotopic (exact) mass is 371 g/mol. The maximum Gasteiger partial charge on any atom is 0.394 e. The average molecular weight is 371 g/mol. The van der Waals surface area contributed by atoms with Gasteiger partial charge in [-0.15, -0.1) is 0 Å². The van der Waals surface area contributed by atoms with E-state index in [2.05, 4.69) is 32.6 Å². The molecule has 1 aromatic heterocycles. The van der Waals surface area contributed by atoms with E-state index in [1.807, 2.05) is 0 Å². The van der Waals surface area contributed by atoms with Crippen molar-refractivity contribution < 1.29 is 13.2 Å². The van der Waals surface area contributed by atoms with Gasteiger partial charge < -0.3 is 4.90 Å². The first-order valence-electron chi connectivity index (χ1n) is 5.55. The molecule has 0 amide bonds. The number of hydrogen-bond donors (Lipinski definition) is 0. The SMILES string of the molecule is CC1(C)C(C(F)(F)F)CCN1c1ncc(I)cn1. The first kappa shape index (κ1) is 13.8.